The first-order chi connectivity index (χ1) is 15.5. The zero-order valence-electron chi connectivity index (χ0n) is 18.2. The van der Waals surface area contributed by atoms with Crippen LogP contribution in [-0.4, -0.2) is 23.7 Å². The summed E-state index contributed by atoms with van der Waals surface area (Å²) in [7, 11) is 0. The fraction of sp³-hybridized carbons (Fsp3) is 0.240. The Morgan fingerprint density at radius 2 is 1.78 bits per heavy atom. The molecule has 2 aromatic rings. The summed E-state index contributed by atoms with van der Waals surface area (Å²) in [5.74, 6) is -1.21. The molecule has 0 fully saturated rings. The van der Waals surface area contributed by atoms with Crippen molar-refractivity contribution in [3.8, 4) is 6.07 Å². The number of dihydropyridines is 1. The number of amides is 1. The van der Waals surface area contributed by atoms with Crippen molar-refractivity contribution in [2.24, 2.45) is 0 Å². The molecular weight excluding hydrogens is 422 g/mol. The molecule has 3 rings (SSSR count). The first-order valence-corrected chi connectivity index (χ1v) is 11.2. The molecule has 1 aliphatic heterocycles. The highest BCUT2D eigenvalue weighted by Gasteiger charge is 2.35. The number of thioether (sulfide) groups is 1. The summed E-state index contributed by atoms with van der Waals surface area (Å²) in [6.45, 7) is 5.58. The molecule has 0 unspecified atom stereocenters. The van der Waals surface area contributed by atoms with Crippen molar-refractivity contribution < 1.29 is 14.3 Å². The van der Waals surface area contributed by atoms with Crippen LogP contribution in [0.25, 0.3) is 0 Å². The van der Waals surface area contributed by atoms with Gasteiger partial charge in [0.25, 0.3) is 5.91 Å². The Kier molecular flexibility index (Phi) is 7.74. The van der Waals surface area contributed by atoms with Crippen molar-refractivity contribution in [2.75, 3.05) is 11.9 Å². The predicted octanol–water partition coefficient (Wildman–Crippen LogP) is 4.71. The third-order valence-electron chi connectivity index (χ3n) is 4.97. The number of nitriles is 1. The number of rotatable bonds is 7. The molecule has 0 saturated carbocycles. The fourth-order valence-electron chi connectivity index (χ4n) is 3.49. The monoisotopic (exact) mass is 447 g/mol. The lowest BCUT2D eigenvalue weighted by molar-refractivity contribution is -0.142. The Balaban J connectivity index is 2.02. The van der Waals surface area contributed by atoms with E-state index in [2.05, 4.69) is 16.7 Å². The van der Waals surface area contributed by atoms with Crippen molar-refractivity contribution in [3.05, 3.63) is 88.1 Å². The largest absolute Gasteiger partial charge is 0.465 e. The van der Waals surface area contributed by atoms with E-state index >= 15 is 0 Å². The second-order valence-corrected chi connectivity index (χ2v) is 8.55. The molecule has 164 valence electrons. The minimum absolute atomic E-state index is 0.287. The zero-order valence-corrected chi connectivity index (χ0v) is 19.0. The number of hydrogen-bond acceptors (Lipinski definition) is 6. The Labute approximate surface area is 192 Å². The molecule has 0 spiro atoms. The van der Waals surface area contributed by atoms with Gasteiger partial charge in [0.05, 0.1) is 29.2 Å². The summed E-state index contributed by atoms with van der Waals surface area (Å²) < 4.78 is 5.11. The van der Waals surface area contributed by atoms with Crippen LogP contribution in [0.4, 0.5) is 5.69 Å². The molecular formula is C25H25N3O3S. The molecule has 1 amide bonds. The lowest BCUT2D eigenvalue weighted by Gasteiger charge is -2.30. The quantitative estimate of drug-likeness (QED) is 0.598. The lowest BCUT2D eigenvalue weighted by Crippen LogP contribution is -2.31. The van der Waals surface area contributed by atoms with E-state index in [1.165, 1.54) is 11.8 Å². The number of ether oxygens (including phenoxy) is 1. The van der Waals surface area contributed by atoms with Crippen molar-refractivity contribution >= 4 is 29.3 Å². The van der Waals surface area contributed by atoms with Gasteiger partial charge in [-0.05, 0) is 38.5 Å². The van der Waals surface area contributed by atoms with Crippen molar-refractivity contribution in [2.45, 2.75) is 31.9 Å². The first kappa shape index (κ1) is 23.2. The minimum atomic E-state index is -0.567. The van der Waals surface area contributed by atoms with Gasteiger partial charge in [-0.25, -0.2) is 0 Å². The van der Waals surface area contributed by atoms with Gasteiger partial charge in [-0.3, -0.25) is 9.59 Å². The van der Waals surface area contributed by atoms with Crippen LogP contribution in [0.3, 0.4) is 0 Å². The second kappa shape index (κ2) is 10.7. The van der Waals surface area contributed by atoms with Crippen LogP contribution in [0.15, 0.2) is 82.5 Å². The SMILES string of the molecule is CCOC(=O)[C@@H](C)SC1=C(C#N)[C@H](c2ccccc2)C(C(=O)Nc2ccccc2)=C(C)N1. The topological polar surface area (TPSA) is 91.2 Å². The molecule has 0 bridgehead atoms. The maximum atomic E-state index is 13.3. The average molecular weight is 448 g/mol. The molecule has 1 aliphatic rings. The van der Waals surface area contributed by atoms with Gasteiger partial charge in [0.1, 0.15) is 5.25 Å². The zero-order chi connectivity index (χ0) is 23.1. The standard InChI is InChI=1S/C25H25N3O3S/c1-4-31-25(30)17(3)32-24-20(15-26)22(18-11-7-5-8-12-18)21(16(2)27-24)23(29)28-19-13-9-6-10-14-19/h5-14,17,22,27H,4H2,1-3H3,(H,28,29)/t17-,22+/m1/s1. The maximum Gasteiger partial charge on any atom is 0.319 e. The number of esters is 1. The second-order valence-electron chi connectivity index (χ2n) is 7.19. The normalized spacial score (nSPS) is 16.6. The van der Waals surface area contributed by atoms with E-state index in [9.17, 15) is 14.9 Å². The summed E-state index contributed by atoms with van der Waals surface area (Å²) in [4.78, 5) is 25.5. The Morgan fingerprint density at radius 3 is 2.38 bits per heavy atom. The number of benzene rings is 2. The summed E-state index contributed by atoms with van der Waals surface area (Å²) in [5, 5.41) is 16.3. The number of anilines is 1. The number of hydrogen-bond donors (Lipinski definition) is 2. The fourth-order valence-corrected chi connectivity index (χ4v) is 4.51. The van der Waals surface area contributed by atoms with Crippen molar-refractivity contribution in [1.82, 2.24) is 5.32 Å². The van der Waals surface area contributed by atoms with Gasteiger partial charge in [0.2, 0.25) is 0 Å². The number of allylic oxidation sites excluding steroid dienone is 2. The van der Waals surface area contributed by atoms with Gasteiger partial charge >= 0.3 is 5.97 Å². The van der Waals surface area contributed by atoms with Crippen LogP contribution < -0.4 is 10.6 Å². The van der Waals surface area contributed by atoms with Gasteiger partial charge in [0, 0.05) is 17.0 Å². The van der Waals surface area contributed by atoms with Crippen LogP contribution in [0.2, 0.25) is 0 Å². The summed E-state index contributed by atoms with van der Waals surface area (Å²) in [6, 6.07) is 20.9. The highest BCUT2D eigenvalue weighted by Crippen LogP contribution is 2.41. The van der Waals surface area contributed by atoms with Gasteiger partial charge in [0.15, 0.2) is 0 Å². The van der Waals surface area contributed by atoms with Crippen LogP contribution >= 0.6 is 11.8 Å². The molecule has 32 heavy (non-hydrogen) atoms. The number of carbonyl (C=O) groups is 2. The summed E-state index contributed by atoms with van der Waals surface area (Å²) in [6.07, 6.45) is 0. The molecule has 2 N–H and O–H groups in total. The van der Waals surface area contributed by atoms with Gasteiger partial charge in [-0.15, -0.1) is 0 Å². The van der Waals surface area contributed by atoms with Gasteiger partial charge in [-0.1, -0.05) is 60.3 Å². The summed E-state index contributed by atoms with van der Waals surface area (Å²) in [5.41, 5.74) is 2.98. The van der Waals surface area contributed by atoms with E-state index in [0.717, 1.165) is 5.56 Å². The van der Waals surface area contributed by atoms with E-state index in [-0.39, 0.29) is 18.5 Å². The highest BCUT2D eigenvalue weighted by molar-refractivity contribution is 8.04. The molecule has 0 saturated heterocycles. The van der Waals surface area contributed by atoms with Crippen LogP contribution in [0.5, 0.6) is 0 Å². The molecule has 2 aromatic carbocycles. The average Bonchev–Trinajstić information content (AvgIpc) is 2.80. The number of nitrogens with zero attached hydrogens (tertiary/aromatic N) is 1. The highest BCUT2D eigenvalue weighted by atomic mass is 32.2. The smallest absolute Gasteiger partial charge is 0.319 e. The molecule has 0 aliphatic carbocycles. The minimum Gasteiger partial charge on any atom is -0.465 e. The molecule has 0 aromatic heterocycles. The van der Waals surface area contributed by atoms with Crippen LogP contribution in [-0.2, 0) is 14.3 Å². The van der Waals surface area contributed by atoms with E-state index < -0.39 is 11.2 Å². The number of para-hydroxylation sites is 1. The van der Waals surface area contributed by atoms with Gasteiger partial charge in [-0.2, -0.15) is 5.26 Å². The van der Waals surface area contributed by atoms with Crippen molar-refractivity contribution in [1.29, 1.82) is 5.26 Å². The van der Waals surface area contributed by atoms with E-state index in [4.69, 9.17) is 4.74 Å². The van der Waals surface area contributed by atoms with E-state index in [1.807, 2.05) is 60.7 Å². The number of carbonyl (C=O) groups excluding carboxylic acids is 2. The van der Waals surface area contributed by atoms with Crippen molar-refractivity contribution in [3.63, 3.8) is 0 Å². The summed E-state index contributed by atoms with van der Waals surface area (Å²) >= 11 is 1.23. The molecule has 0 radical (unpaired) electrons. The third-order valence-corrected chi connectivity index (χ3v) is 6.07. The maximum absolute atomic E-state index is 13.3. The molecule has 7 heteroatoms. The Hall–Kier alpha value is -3.50. The van der Waals surface area contributed by atoms with Crippen LogP contribution in [0.1, 0.15) is 32.3 Å². The van der Waals surface area contributed by atoms with Gasteiger partial charge < -0.3 is 15.4 Å². The molecule has 2 atom stereocenters. The predicted molar refractivity (Wildman–Crippen MR) is 126 cm³/mol. The first-order valence-electron chi connectivity index (χ1n) is 10.3. The lowest BCUT2D eigenvalue weighted by atomic mass is 9.82. The molecule has 6 nitrogen and oxygen atoms in total. The van der Waals surface area contributed by atoms with E-state index in [1.54, 1.807) is 20.8 Å². The molecule has 1 heterocycles. The van der Waals surface area contributed by atoms with E-state index in [0.29, 0.717) is 27.6 Å². The Bertz CT molecular complexity index is 1090. The van der Waals surface area contributed by atoms with Crippen LogP contribution in [0, 0.1) is 11.3 Å². The Morgan fingerprint density at radius 1 is 1.16 bits per heavy atom. The number of nitrogens with one attached hydrogen (secondary N) is 2. The third kappa shape index (κ3) is 5.21.